The molecule has 1 saturated carbocycles. The number of anilines is 1. The molecule has 0 bridgehead atoms. The van der Waals surface area contributed by atoms with Crippen molar-refractivity contribution in [2.45, 2.75) is 44.6 Å². The molecule has 0 spiro atoms. The second-order valence-corrected chi connectivity index (χ2v) is 7.69. The van der Waals surface area contributed by atoms with Gasteiger partial charge in [0.2, 0.25) is 0 Å². The summed E-state index contributed by atoms with van der Waals surface area (Å²) in [6.07, 6.45) is 1.90. The minimum atomic E-state index is -0.257. The van der Waals surface area contributed by atoms with E-state index in [1.165, 1.54) is 0 Å². The smallest absolute Gasteiger partial charge is 0.319 e. The van der Waals surface area contributed by atoms with E-state index in [-0.39, 0.29) is 17.0 Å². The first-order chi connectivity index (χ1) is 11.8. The Morgan fingerprint density at radius 2 is 1.68 bits per heavy atom. The predicted molar refractivity (Wildman–Crippen MR) is 101 cm³/mol. The molecule has 1 aliphatic rings. The number of carbonyl (C=O) groups excluding carboxylic acids is 1. The largest absolute Gasteiger partial charge is 0.497 e. The molecule has 4 heteroatoms. The molecule has 0 aliphatic heterocycles. The first kappa shape index (κ1) is 17.3. The van der Waals surface area contributed by atoms with E-state index in [1.54, 1.807) is 7.11 Å². The van der Waals surface area contributed by atoms with Crippen molar-refractivity contribution in [3.8, 4) is 5.75 Å². The maximum Gasteiger partial charge on any atom is 0.319 e. The highest BCUT2D eigenvalue weighted by Crippen LogP contribution is 2.46. The molecule has 0 atom stereocenters. The zero-order valence-electron chi connectivity index (χ0n) is 15.3. The lowest BCUT2D eigenvalue weighted by Crippen LogP contribution is -2.38. The molecule has 2 N–H and O–H groups in total. The van der Waals surface area contributed by atoms with E-state index in [0.29, 0.717) is 0 Å². The van der Waals surface area contributed by atoms with Gasteiger partial charge in [-0.05, 0) is 47.6 Å². The maximum atomic E-state index is 12.6. The van der Waals surface area contributed by atoms with Gasteiger partial charge in [-0.3, -0.25) is 0 Å². The molecule has 1 aliphatic carbocycles. The number of hydrogen-bond acceptors (Lipinski definition) is 2. The molecule has 2 aromatic rings. The molecule has 0 saturated heterocycles. The van der Waals surface area contributed by atoms with Gasteiger partial charge in [-0.15, -0.1) is 0 Å². The van der Waals surface area contributed by atoms with Crippen LogP contribution in [0.3, 0.4) is 0 Å². The fourth-order valence-corrected chi connectivity index (χ4v) is 3.14. The van der Waals surface area contributed by atoms with Crippen LogP contribution in [-0.4, -0.2) is 13.1 Å². The van der Waals surface area contributed by atoms with E-state index >= 15 is 0 Å². The Morgan fingerprint density at radius 1 is 1.04 bits per heavy atom. The molecule has 1 fully saturated rings. The molecule has 0 aromatic heterocycles. The molecule has 0 unspecified atom stereocenters. The third-order valence-electron chi connectivity index (χ3n) is 4.73. The lowest BCUT2D eigenvalue weighted by atomic mass is 9.86. The number of hydrogen-bond donors (Lipinski definition) is 2. The van der Waals surface area contributed by atoms with Gasteiger partial charge < -0.3 is 15.4 Å². The van der Waals surface area contributed by atoms with Crippen LogP contribution in [0.15, 0.2) is 48.5 Å². The topological polar surface area (TPSA) is 50.4 Å². The second kappa shape index (κ2) is 6.43. The summed E-state index contributed by atoms with van der Waals surface area (Å²) in [6, 6.07) is 15.7. The number of carbonyl (C=O) groups is 1. The second-order valence-electron chi connectivity index (χ2n) is 7.69. The number of methoxy groups -OCH3 is 1. The van der Waals surface area contributed by atoms with Gasteiger partial charge in [0.25, 0.3) is 0 Å². The van der Waals surface area contributed by atoms with Crippen LogP contribution < -0.4 is 15.4 Å². The molecular formula is C21H26N2O2. The van der Waals surface area contributed by atoms with Gasteiger partial charge in [0.05, 0.1) is 12.6 Å². The number of benzene rings is 2. The van der Waals surface area contributed by atoms with Crippen LogP contribution in [0.2, 0.25) is 0 Å². The van der Waals surface area contributed by atoms with Crippen molar-refractivity contribution >= 4 is 11.7 Å². The molecule has 2 amide bonds. The van der Waals surface area contributed by atoms with Gasteiger partial charge in [0, 0.05) is 5.69 Å². The highest BCUT2D eigenvalue weighted by molar-refractivity contribution is 5.91. The Labute approximate surface area is 149 Å². The van der Waals surface area contributed by atoms with Crippen molar-refractivity contribution in [1.29, 1.82) is 0 Å². The molecule has 4 nitrogen and oxygen atoms in total. The fraction of sp³-hybridized carbons (Fsp3) is 0.381. The van der Waals surface area contributed by atoms with Gasteiger partial charge in [0.1, 0.15) is 5.75 Å². The van der Waals surface area contributed by atoms with Crippen LogP contribution in [0.25, 0.3) is 0 Å². The van der Waals surface area contributed by atoms with Crippen LogP contribution in [0.4, 0.5) is 10.5 Å². The minimum Gasteiger partial charge on any atom is -0.497 e. The van der Waals surface area contributed by atoms with E-state index in [4.69, 9.17) is 4.74 Å². The van der Waals surface area contributed by atoms with Crippen molar-refractivity contribution in [3.05, 3.63) is 59.7 Å². The van der Waals surface area contributed by atoms with Crippen molar-refractivity contribution in [1.82, 2.24) is 5.32 Å². The lowest BCUT2D eigenvalue weighted by Gasteiger charge is -2.24. The first-order valence-electron chi connectivity index (χ1n) is 8.67. The molecule has 0 radical (unpaired) electrons. The summed E-state index contributed by atoms with van der Waals surface area (Å²) in [5, 5.41) is 6.19. The summed E-state index contributed by atoms with van der Waals surface area (Å²) < 4.78 is 5.21. The van der Waals surface area contributed by atoms with Crippen molar-refractivity contribution in [3.63, 3.8) is 0 Å². The van der Waals surface area contributed by atoms with Gasteiger partial charge in [0.15, 0.2) is 0 Å². The Hall–Kier alpha value is -2.49. The summed E-state index contributed by atoms with van der Waals surface area (Å²) in [7, 11) is 1.65. The first-order valence-corrected chi connectivity index (χ1v) is 8.67. The molecule has 0 heterocycles. The highest BCUT2D eigenvalue weighted by Gasteiger charge is 2.45. The van der Waals surface area contributed by atoms with Crippen LogP contribution in [0.1, 0.15) is 44.7 Å². The van der Waals surface area contributed by atoms with Crippen molar-refractivity contribution < 1.29 is 9.53 Å². The van der Waals surface area contributed by atoms with Crippen molar-refractivity contribution in [2.75, 3.05) is 12.4 Å². The summed E-state index contributed by atoms with van der Waals surface area (Å²) in [4.78, 5) is 12.6. The van der Waals surface area contributed by atoms with Gasteiger partial charge in [-0.2, -0.15) is 0 Å². The Balaban J connectivity index is 1.73. The standard InChI is InChI=1S/C21H26N2O2/c1-20(2,3)17-7-5-6-8-18(17)22-19(24)23-21(13-14-21)15-9-11-16(25-4)12-10-15/h5-12H,13-14H2,1-4H3,(H2,22,23,24). The third kappa shape index (κ3) is 3.78. The number of nitrogens with one attached hydrogen (secondary N) is 2. The number of rotatable bonds is 4. The number of ether oxygens (including phenoxy) is 1. The third-order valence-corrected chi connectivity index (χ3v) is 4.73. The molecule has 25 heavy (non-hydrogen) atoms. The van der Waals surface area contributed by atoms with Crippen LogP contribution in [0.5, 0.6) is 5.75 Å². The average Bonchev–Trinajstić information content (AvgIpc) is 3.35. The fourth-order valence-electron chi connectivity index (χ4n) is 3.14. The van der Waals surface area contributed by atoms with E-state index in [0.717, 1.165) is 35.4 Å². The summed E-state index contributed by atoms with van der Waals surface area (Å²) >= 11 is 0. The monoisotopic (exact) mass is 338 g/mol. The summed E-state index contributed by atoms with van der Waals surface area (Å²) in [6.45, 7) is 6.43. The van der Waals surface area contributed by atoms with E-state index in [1.807, 2.05) is 42.5 Å². The average molecular weight is 338 g/mol. The Kier molecular flexibility index (Phi) is 4.46. The van der Waals surface area contributed by atoms with Gasteiger partial charge >= 0.3 is 6.03 Å². The molecule has 132 valence electrons. The molecular weight excluding hydrogens is 312 g/mol. The predicted octanol–water partition coefficient (Wildman–Crippen LogP) is 4.80. The van der Waals surface area contributed by atoms with Gasteiger partial charge in [-0.25, -0.2) is 4.79 Å². The van der Waals surface area contributed by atoms with Crippen LogP contribution in [0, 0.1) is 0 Å². The van der Waals surface area contributed by atoms with E-state index < -0.39 is 0 Å². The van der Waals surface area contributed by atoms with E-state index in [9.17, 15) is 4.79 Å². The lowest BCUT2D eigenvalue weighted by molar-refractivity contribution is 0.247. The SMILES string of the molecule is COc1ccc(C2(NC(=O)Nc3ccccc3C(C)(C)C)CC2)cc1. The van der Waals surface area contributed by atoms with Crippen LogP contribution in [-0.2, 0) is 11.0 Å². The van der Waals surface area contributed by atoms with Gasteiger partial charge in [-0.1, -0.05) is 51.1 Å². The number of urea groups is 1. The maximum absolute atomic E-state index is 12.6. The number of amides is 2. The van der Waals surface area contributed by atoms with Crippen LogP contribution >= 0.6 is 0 Å². The zero-order valence-corrected chi connectivity index (χ0v) is 15.3. The quantitative estimate of drug-likeness (QED) is 0.841. The Morgan fingerprint density at radius 3 is 2.24 bits per heavy atom. The summed E-state index contributed by atoms with van der Waals surface area (Å²) in [5.74, 6) is 0.822. The summed E-state index contributed by atoms with van der Waals surface area (Å²) in [5.41, 5.74) is 2.81. The Bertz CT molecular complexity index is 756. The number of para-hydroxylation sites is 1. The highest BCUT2D eigenvalue weighted by atomic mass is 16.5. The van der Waals surface area contributed by atoms with Crippen molar-refractivity contribution in [2.24, 2.45) is 0 Å². The molecule has 3 rings (SSSR count). The normalized spacial score (nSPS) is 15.4. The minimum absolute atomic E-state index is 0.0306. The molecule has 2 aromatic carbocycles. The van der Waals surface area contributed by atoms with E-state index in [2.05, 4.69) is 37.5 Å². The zero-order chi connectivity index (χ0) is 18.1.